The third-order valence-corrected chi connectivity index (χ3v) is 3.80. The molecule has 1 aromatic heterocycles. The summed E-state index contributed by atoms with van der Waals surface area (Å²) in [5, 5.41) is 0. The zero-order valence-corrected chi connectivity index (χ0v) is 11.2. The number of nitrogens with one attached hydrogen (secondary N) is 1. The van der Waals surface area contributed by atoms with Crippen molar-refractivity contribution in [3.63, 3.8) is 0 Å². The number of aromatic nitrogens is 2. The number of H-pyrrole nitrogens is 1. The summed E-state index contributed by atoms with van der Waals surface area (Å²) in [6.07, 6.45) is 3.94. The average molecular weight is 251 g/mol. The third-order valence-electron chi connectivity index (χ3n) is 3.80. The highest BCUT2D eigenvalue weighted by Gasteiger charge is 2.38. The van der Waals surface area contributed by atoms with E-state index in [1.807, 2.05) is 13.8 Å². The van der Waals surface area contributed by atoms with Crippen LogP contribution in [-0.4, -0.2) is 17.1 Å². The van der Waals surface area contributed by atoms with Crippen LogP contribution in [0.3, 0.4) is 0 Å². The molecule has 0 radical (unpaired) electrons. The summed E-state index contributed by atoms with van der Waals surface area (Å²) in [6.45, 7) is 3.87. The van der Waals surface area contributed by atoms with Crippen molar-refractivity contribution < 1.29 is 4.74 Å². The van der Waals surface area contributed by atoms with Crippen LogP contribution >= 0.6 is 0 Å². The molecule has 1 aliphatic carbocycles. The fourth-order valence-corrected chi connectivity index (χ4v) is 2.76. The van der Waals surface area contributed by atoms with E-state index < -0.39 is 5.60 Å². The van der Waals surface area contributed by atoms with Gasteiger partial charge in [0.2, 0.25) is 0 Å². The molecule has 0 amide bonds. The van der Waals surface area contributed by atoms with Crippen LogP contribution in [0, 0.1) is 0 Å². The minimum Gasteiger partial charge on any atom is -0.383 e. The second-order valence-corrected chi connectivity index (χ2v) is 5.27. The maximum atomic E-state index is 12.1. The highest BCUT2D eigenvalue weighted by molar-refractivity contribution is 5.40. The van der Waals surface area contributed by atoms with Crippen LogP contribution < -0.4 is 11.3 Å². The molecule has 0 bridgehead atoms. The van der Waals surface area contributed by atoms with Gasteiger partial charge in [-0.25, -0.2) is 4.98 Å². The van der Waals surface area contributed by atoms with E-state index in [2.05, 4.69) is 9.97 Å². The van der Waals surface area contributed by atoms with Crippen LogP contribution in [0.25, 0.3) is 0 Å². The molecule has 0 atom stereocenters. The van der Waals surface area contributed by atoms with Gasteiger partial charge >= 0.3 is 0 Å². The summed E-state index contributed by atoms with van der Waals surface area (Å²) < 4.78 is 5.61. The molecule has 1 fully saturated rings. The Balaban J connectivity index is 2.51. The lowest BCUT2D eigenvalue weighted by molar-refractivity contribution is -0.0164. The Hall–Kier alpha value is -1.36. The molecule has 5 nitrogen and oxygen atoms in total. The Bertz CT molecular complexity index is 487. The van der Waals surface area contributed by atoms with Crippen LogP contribution in [0.2, 0.25) is 0 Å². The first-order valence-corrected chi connectivity index (χ1v) is 6.45. The Kier molecular flexibility index (Phi) is 3.43. The number of hydrogen-bond acceptors (Lipinski definition) is 4. The van der Waals surface area contributed by atoms with Crippen LogP contribution in [0.5, 0.6) is 0 Å². The van der Waals surface area contributed by atoms with Crippen LogP contribution in [0.15, 0.2) is 4.79 Å². The second kappa shape index (κ2) is 4.72. The zero-order valence-electron chi connectivity index (χ0n) is 11.2. The molecule has 1 aromatic rings. The van der Waals surface area contributed by atoms with E-state index in [1.54, 1.807) is 7.11 Å². The van der Waals surface area contributed by atoms with Gasteiger partial charge < -0.3 is 15.5 Å². The molecule has 100 valence electrons. The van der Waals surface area contributed by atoms with Crippen LogP contribution in [-0.2, 0) is 10.3 Å². The highest BCUT2D eigenvalue weighted by Crippen LogP contribution is 2.40. The van der Waals surface area contributed by atoms with Gasteiger partial charge in [0.05, 0.1) is 5.56 Å². The molecular formula is C13H21N3O2. The lowest BCUT2D eigenvalue weighted by Gasteiger charge is -2.26. The number of aromatic amines is 1. The summed E-state index contributed by atoms with van der Waals surface area (Å²) in [5.74, 6) is 0.971. The van der Waals surface area contributed by atoms with Crippen LogP contribution in [0.1, 0.15) is 56.8 Å². The minimum absolute atomic E-state index is 0.0670. The lowest BCUT2D eigenvalue weighted by Crippen LogP contribution is -2.32. The van der Waals surface area contributed by atoms with Gasteiger partial charge in [-0.05, 0) is 31.6 Å². The minimum atomic E-state index is -0.456. The fraction of sp³-hybridized carbons (Fsp3) is 0.692. The van der Waals surface area contributed by atoms with Gasteiger partial charge in [0.25, 0.3) is 5.56 Å². The summed E-state index contributed by atoms with van der Waals surface area (Å²) in [4.78, 5) is 19.3. The maximum Gasteiger partial charge on any atom is 0.256 e. The number of anilines is 1. The van der Waals surface area contributed by atoms with Crippen molar-refractivity contribution in [2.75, 3.05) is 12.8 Å². The Morgan fingerprint density at radius 2 is 2.00 bits per heavy atom. The standard InChI is InChI=1S/C13H21N3O2/c1-8(2)9-10(14)15-12(16-11(9)17)13(18-3)6-4-5-7-13/h8H,4-7H2,1-3H3,(H3,14,15,16,17). The van der Waals surface area contributed by atoms with E-state index in [0.29, 0.717) is 17.2 Å². The molecule has 3 N–H and O–H groups in total. The molecule has 2 rings (SSSR count). The van der Waals surface area contributed by atoms with Gasteiger partial charge in [-0.2, -0.15) is 0 Å². The van der Waals surface area contributed by atoms with Crippen molar-refractivity contribution in [2.45, 2.75) is 51.0 Å². The van der Waals surface area contributed by atoms with Gasteiger partial charge in [0.15, 0.2) is 0 Å². The maximum absolute atomic E-state index is 12.1. The molecule has 18 heavy (non-hydrogen) atoms. The molecule has 0 saturated heterocycles. The first kappa shape index (κ1) is 13.1. The van der Waals surface area contributed by atoms with Gasteiger partial charge in [-0.15, -0.1) is 0 Å². The summed E-state index contributed by atoms with van der Waals surface area (Å²) in [5.41, 5.74) is 5.88. The second-order valence-electron chi connectivity index (χ2n) is 5.27. The van der Waals surface area contributed by atoms with Gasteiger partial charge in [-0.3, -0.25) is 4.79 Å². The van der Waals surface area contributed by atoms with Crippen molar-refractivity contribution >= 4 is 5.82 Å². The van der Waals surface area contributed by atoms with Crippen molar-refractivity contribution in [2.24, 2.45) is 0 Å². The van der Waals surface area contributed by atoms with Crippen molar-refractivity contribution in [1.82, 2.24) is 9.97 Å². The summed E-state index contributed by atoms with van der Waals surface area (Å²) in [7, 11) is 1.66. The summed E-state index contributed by atoms with van der Waals surface area (Å²) >= 11 is 0. The highest BCUT2D eigenvalue weighted by atomic mass is 16.5. The quantitative estimate of drug-likeness (QED) is 0.859. The monoisotopic (exact) mass is 251 g/mol. The van der Waals surface area contributed by atoms with E-state index in [0.717, 1.165) is 25.7 Å². The number of nitrogens with two attached hydrogens (primary N) is 1. The van der Waals surface area contributed by atoms with E-state index in [-0.39, 0.29) is 11.5 Å². The van der Waals surface area contributed by atoms with E-state index in [9.17, 15) is 4.79 Å². The number of nitrogens with zero attached hydrogens (tertiary/aromatic N) is 1. The molecular weight excluding hydrogens is 230 g/mol. The Morgan fingerprint density at radius 1 is 1.39 bits per heavy atom. The zero-order chi connectivity index (χ0) is 13.3. The number of rotatable bonds is 3. The molecule has 0 unspecified atom stereocenters. The molecule has 1 aliphatic rings. The SMILES string of the molecule is COC1(c2nc(N)c(C(C)C)c(=O)[nH]2)CCCC1. The first-order valence-electron chi connectivity index (χ1n) is 6.45. The summed E-state index contributed by atoms with van der Waals surface area (Å²) in [6, 6.07) is 0. The number of ether oxygens (including phenoxy) is 1. The van der Waals surface area contributed by atoms with Gasteiger partial charge in [0, 0.05) is 7.11 Å². The van der Waals surface area contributed by atoms with E-state index in [4.69, 9.17) is 10.5 Å². The molecule has 1 saturated carbocycles. The largest absolute Gasteiger partial charge is 0.383 e. The van der Waals surface area contributed by atoms with Crippen molar-refractivity contribution in [3.8, 4) is 0 Å². The first-order chi connectivity index (χ1) is 8.50. The molecule has 0 aliphatic heterocycles. The van der Waals surface area contributed by atoms with Gasteiger partial charge in [-0.1, -0.05) is 13.8 Å². The van der Waals surface area contributed by atoms with E-state index in [1.165, 1.54) is 0 Å². The van der Waals surface area contributed by atoms with Crippen LogP contribution in [0.4, 0.5) is 5.82 Å². The fourth-order valence-electron chi connectivity index (χ4n) is 2.76. The van der Waals surface area contributed by atoms with Gasteiger partial charge in [0.1, 0.15) is 17.2 Å². The molecule has 5 heteroatoms. The number of nitrogen functional groups attached to an aromatic ring is 1. The lowest BCUT2D eigenvalue weighted by atomic mass is 10.00. The Morgan fingerprint density at radius 3 is 2.44 bits per heavy atom. The molecule has 0 spiro atoms. The predicted octanol–water partition coefficient (Wildman–Crippen LogP) is 1.89. The smallest absolute Gasteiger partial charge is 0.256 e. The third kappa shape index (κ3) is 2.03. The van der Waals surface area contributed by atoms with Crippen molar-refractivity contribution in [1.29, 1.82) is 0 Å². The number of hydrogen-bond donors (Lipinski definition) is 2. The predicted molar refractivity (Wildman–Crippen MR) is 70.5 cm³/mol. The topological polar surface area (TPSA) is 81.0 Å². The van der Waals surface area contributed by atoms with E-state index >= 15 is 0 Å². The average Bonchev–Trinajstić information content (AvgIpc) is 2.77. The normalized spacial score (nSPS) is 18.4. The van der Waals surface area contributed by atoms with Crippen molar-refractivity contribution in [3.05, 3.63) is 21.7 Å². The molecule has 1 heterocycles. The molecule has 0 aromatic carbocycles. The Labute approximate surface area is 107 Å². The number of methoxy groups -OCH3 is 1.